The van der Waals surface area contributed by atoms with Crippen molar-refractivity contribution in [3.63, 3.8) is 0 Å². The van der Waals surface area contributed by atoms with Gasteiger partial charge in [-0.15, -0.1) is 0 Å². The van der Waals surface area contributed by atoms with Crippen LogP contribution in [0.5, 0.6) is 17.5 Å². The SMILES string of the molecule is COc1cc(C#N)ccc1Oc1nc(C)nc(N(C)C)n1. The van der Waals surface area contributed by atoms with Crippen molar-refractivity contribution in [2.45, 2.75) is 6.92 Å². The van der Waals surface area contributed by atoms with Crippen molar-refractivity contribution in [1.82, 2.24) is 15.0 Å². The summed E-state index contributed by atoms with van der Waals surface area (Å²) < 4.78 is 10.9. The lowest BCUT2D eigenvalue weighted by Gasteiger charge is -2.13. The number of hydrogen-bond acceptors (Lipinski definition) is 7. The minimum Gasteiger partial charge on any atom is -0.493 e. The van der Waals surface area contributed by atoms with Gasteiger partial charge in [0.2, 0.25) is 5.95 Å². The molecule has 0 atom stereocenters. The molecule has 1 heterocycles. The minimum absolute atomic E-state index is 0.175. The molecule has 1 aromatic heterocycles. The van der Waals surface area contributed by atoms with E-state index in [1.807, 2.05) is 20.2 Å². The molecule has 0 bridgehead atoms. The Morgan fingerprint density at radius 3 is 2.52 bits per heavy atom. The smallest absolute Gasteiger partial charge is 0.327 e. The van der Waals surface area contributed by atoms with Gasteiger partial charge in [-0.1, -0.05) is 0 Å². The summed E-state index contributed by atoms with van der Waals surface area (Å²) in [6.07, 6.45) is 0. The van der Waals surface area contributed by atoms with Crippen LogP contribution in [-0.4, -0.2) is 36.2 Å². The maximum absolute atomic E-state index is 8.89. The average molecular weight is 285 g/mol. The van der Waals surface area contributed by atoms with E-state index in [1.165, 1.54) is 7.11 Å². The summed E-state index contributed by atoms with van der Waals surface area (Å²) in [6.45, 7) is 1.76. The van der Waals surface area contributed by atoms with E-state index in [1.54, 1.807) is 30.0 Å². The number of benzene rings is 1. The number of nitriles is 1. The molecule has 0 amide bonds. The molecule has 108 valence electrons. The van der Waals surface area contributed by atoms with E-state index in [0.717, 1.165) is 0 Å². The number of nitrogens with zero attached hydrogens (tertiary/aromatic N) is 5. The highest BCUT2D eigenvalue weighted by molar-refractivity contribution is 5.47. The van der Waals surface area contributed by atoms with Crippen LogP contribution in [0.1, 0.15) is 11.4 Å². The van der Waals surface area contributed by atoms with E-state index in [2.05, 4.69) is 15.0 Å². The molecular weight excluding hydrogens is 270 g/mol. The minimum atomic E-state index is 0.175. The van der Waals surface area contributed by atoms with Crippen LogP contribution in [0.25, 0.3) is 0 Å². The number of methoxy groups -OCH3 is 1. The third-order valence-corrected chi connectivity index (χ3v) is 2.61. The molecule has 0 aliphatic heterocycles. The number of anilines is 1. The van der Waals surface area contributed by atoms with Gasteiger partial charge >= 0.3 is 6.01 Å². The van der Waals surface area contributed by atoms with Crippen LogP contribution in [-0.2, 0) is 0 Å². The Morgan fingerprint density at radius 1 is 1.14 bits per heavy atom. The van der Waals surface area contributed by atoms with Crippen LogP contribution in [0.3, 0.4) is 0 Å². The predicted molar refractivity (Wildman–Crippen MR) is 76.7 cm³/mol. The van der Waals surface area contributed by atoms with E-state index in [4.69, 9.17) is 14.7 Å². The lowest BCUT2D eigenvalue weighted by atomic mass is 10.2. The Morgan fingerprint density at radius 2 is 1.90 bits per heavy atom. The van der Waals surface area contributed by atoms with Crippen molar-refractivity contribution in [1.29, 1.82) is 5.26 Å². The molecule has 0 aliphatic rings. The Bertz CT molecular complexity index is 694. The third-order valence-electron chi connectivity index (χ3n) is 2.61. The van der Waals surface area contributed by atoms with Crippen LogP contribution in [0.4, 0.5) is 5.95 Å². The molecule has 0 radical (unpaired) electrons. The predicted octanol–water partition coefficient (Wildman–Crippen LogP) is 1.92. The zero-order valence-corrected chi connectivity index (χ0v) is 12.3. The largest absolute Gasteiger partial charge is 0.493 e. The second-order valence-corrected chi connectivity index (χ2v) is 4.44. The summed E-state index contributed by atoms with van der Waals surface area (Å²) in [5.74, 6) is 1.94. The number of aryl methyl sites for hydroxylation is 1. The van der Waals surface area contributed by atoms with Crippen LogP contribution < -0.4 is 14.4 Å². The fourth-order valence-corrected chi connectivity index (χ4v) is 1.61. The molecule has 2 aromatic rings. The summed E-state index contributed by atoms with van der Waals surface area (Å²) in [4.78, 5) is 14.3. The van der Waals surface area contributed by atoms with Gasteiger partial charge in [-0.25, -0.2) is 0 Å². The molecule has 7 nitrogen and oxygen atoms in total. The zero-order chi connectivity index (χ0) is 15.4. The first-order chi connectivity index (χ1) is 10.0. The molecule has 0 spiro atoms. The monoisotopic (exact) mass is 285 g/mol. The van der Waals surface area contributed by atoms with E-state index in [-0.39, 0.29) is 6.01 Å². The van der Waals surface area contributed by atoms with E-state index < -0.39 is 0 Å². The van der Waals surface area contributed by atoms with Crippen molar-refractivity contribution >= 4 is 5.95 Å². The van der Waals surface area contributed by atoms with Crippen molar-refractivity contribution in [3.05, 3.63) is 29.6 Å². The molecule has 0 N–H and O–H groups in total. The molecule has 0 saturated heterocycles. The van der Waals surface area contributed by atoms with Crippen molar-refractivity contribution in [2.75, 3.05) is 26.1 Å². The fraction of sp³-hybridized carbons (Fsp3) is 0.286. The molecule has 0 unspecified atom stereocenters. The van der Waals surface area contributed by atoms with Gasteiger partial charge in [-0.05, 0) is 19.1 Å². The van der Waals surface area contributed by atoms with Crippen molar-refractivity contribution in [3.8, 4) is 23.6 Å². The van der Waals surface area contributed by atoms with Crippen molar-refractivity contribution in [2.24, 2.45) is 0 Å². The van der Waals surface area contributed by atoms with Crippen molar-refractivity contribution < 1.29 is 9.47 Å². The number of hydrogen-bond donors (Lipinski definition) is 0. The van der Waals surface area contributed by atoms with E-state index >= 15 is 0 Å². The van der Waals surface area contributed by atoms with Gasteiger partial charge in [0.1, 0.15) is 5.82 Å². The maximum atomic E-state index is 8.89. The van der Waals surface area contributed by atoms with Crippen LogP contribution in [0, 0.1) is 18.3 Å². The lowest BCUT2D eigenvalue weighted by Crippen LogP contribution is -2.14. The van der Waals surface area contributed by atoms with Gasteiger partial charge in [0.15, 0.2) is 11.5 Å². The van der Waals surface area contributed by atoms with Crippen LogP contribution in [0.2, 0.25) is 0 Å². The van der Waals surface area contributed by atoms with Gasteiger partial charge in [0, 0.05) is 20.2 Å². The molecule has 0 aliphatic carbocycles. The summed E-state index contributed by atoms with van der Waals surface area (Å²) in [7, 11) is 5.18. The normalized spacial score (nSPS) is 9.86. The van der Waals surface area contributed by atoms with Gasteiger partial charge in [-0.3, -0.25) is 0 Å². The Kier molecular flexibility index (Phi) is 4.18. The fourth-order valence-electron chi connectivity index (χ4n) is 1.61. The highest BCUT2D eigenvalue weighted by atomic mass is 16.5. The zero-order valence-electron chi connectivity index (χ0n) is 12.3. The van der Waals surface area contributed by atoms with Gasteiger partial charge in [0.05, 0.1) is 18.7 Å². The second kappa shape index (κ2) is 6.05. The Hall–Kier alpha value is -2.88. The molecule has 0 saturated carbocycles. The first-order valence-electron chi connectivity index (χ1n) is 6.19. The highest BCUT2D eigenvalue weighted by Crippen LogP contribution is 2.31. The lowest BCUT2D eigenvalue weighted by molar-refractivity contribution is 0.367. The number of rotatable bonds is 4. The highest BCUT2D eigenvalue weighted by Gasteiger charge is 2.11. The first kappa shape index (κ1) is 14.5. The second-order valence-electron chi connectivity index (χ2n) is 4.44. The summed E-state index contributed by atoms with van der Waals surface area (Å²) in [6, 6.07) is 7.09. The molecule has 1 aromatic carbocycles. The van der Waals surface area contributed by atoms with Crippen LogP contribution in [0.15, 0.2) is 18.2 Å². The van der Waals surface area contributed by atoms with E-state index in [9.17, 15) is 0 Å². The number of ether oxygens (including phenoxy) is 2. The standard InChI is InChI=1S/C14H15N5O2/c1-9-16-13(19(2)3)18-14(17-9)21-11-6-5-10(8-15)7-12(11)20-4/h5-7H,1-4H3. The Balaban J connectivity index is 2.36. The first-order valence-corrected chi connectivity index (χ1v) is 6.19. The maximum Gasteiger partial charge on any atom is 0.327 e. The quantitative estimate of drug-likeness (QED) is 0.848. The molecule has 2 rings (SSSR count). The topological polar surface area (TPSA) is 84.2 Å². The molecule has 0 fully saturated rings. The Labute approximate surface area is 122 Å². The van der Waals surface area contributed by atoms with E-state index in [0.29, 0.717) is 28.8 Å². The summed E-state index contributed by atoms with van der Waals surface area (Å²) in [5, 5.41) is 8.89. The molecular formula is C14H15N5O2. The van der Waals surface area contributed by atoms with Gasteiger partial charge < -0.3 is 14.4 Å². The van der Waals surface area contributed by atoms with Crippen LogP contribution >= 0.6 is 0 Å². The summed E-state index contributed by atoms with van der Waals surface area (Å²) in [5.41, 5.74) is 0.486. The van der Waals surface area contributed by atoms with Gasteiger partial charge in [0.25, 0.3) is 0 Å². The average Bonchev–Trinajstić information content (AvgIpc) is 2.47. The molecule has 7 heteroatoms. The summed E-state index contributed by atoms with van der Waals surface area (Å²) >= 11 is 0. The molecule has 21 heavy (non-hydrogen) atoms. The van der Waals surface area contributed by atoms with Gasteiger partial charge in [-0.2, -0.15) is 20.2 Å². The number of aromatic nitrogens is 3. The third kappa shape index (κ3) is 3.36.